The van der Waals surface area contributed by atoms with E-state index in [4.69, 9.17) is 14.6 Å². The molecule has 5 atom stereocenters. The van der Waals surface area contributed by atoms with Crippen molar-refractivity contribution in [1.29, 1.82) is 0 Å². The van der Waals surface area contributed by atoms with Gasteiger partial charge in [0.1, 0.15) is 37.3 Å². The number of aldehydes is 1. The zero-order chi connectivity index (χ0) is 11.4. The molecule has 0 amide bonds. The molecular weight excluding hydrogens is 208 g/mol. The summed E-state index contributed by atoms with van der Waals surface area (Å²) in [5.74, 6) is 0. The Labute approximate surface area is 85.9 Å². The number of aliphatic hydroxyl groups excluding tert-OH is 4. The van der Waals surface area contributed by atoms with E-state index in [0.29, 0.717) is 6.29 Å². The molecule has 0 aromatic carbocycles. The van der Waals surface area contributed by atoms with Gasteiger partial charge in [0.25, 0.3) is 0 Å². The minimum atomic E-state index is -1.48. The summed E-state index contributed by atoms with van der Waals surface area (Å²) in [6.45, 7) is -0.825. The standard InChI is InChI=1S/C8H14O7/c9-1-2-14-8-7(13)6(12)5(11)4(3-10)15-8/h1,4-8,10-13H,2-3H2/t4-,5+,6-,7+,8-/m1/s1. The van der Waals surface area contributed by atoms with E-state index in [-0.39, 0.29) is 6.61 Å². The van der Waals surface area contributed by atoms with Crippen LogP contribution < -0.4 is 0 Å². The lowest BCUT2D eigenvalue weighted by Gasteiger charge is -2.39. The lowest BCUT2D eigenvalue weighted by Crippen LogP contribution is -2.59. The monoisotopic (exact) mass is 222 g/mol. The van der Waals surface area contributed by atoms with Gasteiger partial charge in [-0.25, -0.2) is 0 Å². The largest absolute Gasteiger partial charge is 0.394 e. The second-order valence-electron chi connectivity index (χ2n) is 3.20. The van der Waals surface area contributed by atoms with E-state index in [2.05, 4.69) is 0 Å². The van der Waals surface area contributed by atoms with Crippen molar-refractivity contribution >= 4 is 6.29 Å². The lowest BCUT2D eigenvalue weighted by molar-refractivity contribution is -0.298. The van der Waals surface area contributed by atoms with Crippen LogP contribution >= 0.6 is 0 Å². The third-order valence-electron chi connectivity index (χ3n) is 2.18. The van der Waals surface area contributed by atoms with Crippen LogP contribution in [0, 0.1) is 0 Å². The molecule has 1 saturated heterocycles. The van der Waals surface area contributed by atoms with E-state index in [1.165, 1.54) is 0 Å². The Morgan fingerprint density at radius 2 is 1.87 bits per heavy atom. The molecule has 0 aliphatic carbocycles. The number of carbonyl (C=O) groups is 1. The fourth-order valence-electron chi connectivity index (χ4n) is 1.34. The van der Waals surface area contributed by atoms with Crippen LogP contribution in [0.25, 0.3) is 0 Å². The molecule has 0 unspecified atom stereocenters. The average Bonchev–Trinajstić information content (AvgIpc) is 2.25. The molecule has 1 heterocycles. The Hall–Kier alpha value is -0.570. The summed E-state index contributed by atoms with van der Waals surface area (Å²) >= 11 is 0. The number of hydrogen-bond donors (Lipinski definition) is 4. The third-order valence-corrected chi connectivity index (χ3v) is 2.18. The maximum absolute atomic E-state index is 10.0. The zero-order valence-electron chi connectivity index (χ0n) is 7.89. The van der Waals surface area contributed by atoms with E-state index < -0.39 is 37.3 Å². The van der Waals surface area contributed by atoms with Gasteiger partial charge in [-0.3, -0.25) is 0 Å². The molecule has 0 radical (unpaired) electrons. The van der Waals surface area contributed by atoms with Crippen molar-refractivity contribution < 1.29 is 34.7 Å². The summed E-state index contributed by atoms with van der Waals surface area (Å²) in [7, 11) is 0. The highest BCUT2D eigenvalue weighted by Gasteiger charge is 2.43. The van der Waals surface area contributed by atoms with Crippen LogP contribution in [-0.4, -0.2) is 70.6 Å². The van der Waals surface area contributed by atoms with Crippen molar-refractivity contribution in [3.05, 3.63) is 0 Å². The van der Waals surface area contributed by atoms with Gasteiger partial charge in [-0.05, 0) is 0 Å². The molecule has 4 N–H and O–H groups in total. The zero-order valence-corrected chi connectivity index (χ0v) is 7.89. The number of ether oxygens (including phenoxy) is 2. The normalized spacial score (nSPS) is 41.5. The number of aliphatic hydroxyl groups is 4. The molecule has 7 heteroatoms. The predicted molar refractivity (Wildman–Crippen MR) is 45.8 cm³/mol. The van der Waals surface area contributed by atoms with Crippen LogP contribution in [0.3, 0.4) is 0 Å². The van der Waals surface area contributed by atoms with E-state index >= 15 is 0 Å². The Morgan fingerprint density at radius 1 is 1.20 bits per heavy atom. The maximum atomic E-state index is 10.0. The predicted octanol–water partition coefficient (Wildman–Crippen LogP) is -3.00. The molecule has 7 nitrogen and oxygen atoms in total. The highest BCUT2D eigenvalue weighted by molar-refractivity contribution is 5.50. The SMILES string of the molecule is O=CCO[C@@H]1O[C@H](CO)[C@H](O)[C@@H](O)[C@@H]1O. The van der Waals surface area contributed by atoms with Crippen LogP contribution in [0.5, 0.6) is 0 Å². The van der Waals surface area contributed by atoms with Gasteiger partial charge in [0.05, 0.1) is 6.61 Å². The Balaban J connectivity index is 2.60. The number of carbonyl (C=O) groups excluding carboxylic acids is 1. The van der Waals surface area contributed by atoms with Crippen LogP contribution in [0.2, 0.25) is 0 Å². The van der Waals surface area contributed by atoms with Crippen molar-refractivity contribution in [2.45, 2.75) is 30.7 Å². The molecular formula is C8H14O7. The molecule has 1 rings (SSSR count). The van der Waals surface area contributed by atoms with Crippen LogP contribution in [-0.2, 0) is 14.3 Å². The minimum Gasteiger partial charge on any atom is -0.394 e. The smallest absolute Gasteiger partial charge is 0.187 e. The molecule has 1 fully saturated rings. The first-order valence-electron chi connectivity index (χ1n) is 4.47. The number of hydrogen-bond acceptors (Lipinski definition) is 7. The molecule has 0 saturated carbocycles. The van der Waals surface area contributed by atoms with E-state index in [1.54, 1.807) is 0 Å². The minimum absolute atomic E-state index is 0.303. The van der Waals surface area contributed by atoms with Gasteiger partial charge in [0.15, 0.2) is 6.29 Å². The molecule has 15 heavy (non-hydrogen) atoms. The quantitative estimate of drug-likeness (QED) is 0.374. The third kappa shape index (κ3) is 2.71. The van der Waals surface area contributed by atoms with E-state index in [9.17, 15) is 20.1 Å². The van der Waals surface area contributed by atoms with Crippen LogP contribution in [0.1, 0.15) is 0 Å². The van der Waals surface area contributed by atoms with Gasteiger partial charge in [-0.2, -0.15) is 0 Å². The van der Waals surface area contributed by atoms with Gasteiger partial charge in [-0.15, -0.1) is 0 Å². The summed E-state index contributed by atoms with van der Waals surface area (Å²) in [5, 5.41) is 36.9. The average molecular weight is 222 g/mol. The van der Waals surface area contributed by atoms with Crippen molar-refractivity contribution in [2.75, 3.05) is 13.2 Å². The van der Waals surface area contributed by atoms with Gasteiger partial charge < -0.3 is 34.7 Å². The summed E-state index contributed by atoms with van der Waals surface area (Å²) in [4.78, 5) is 10.0. The maximum Gasteiger partial charge on any atom is 0.187 e. The molecule has 1 aliphatic heterocycles. The molecule has 0 aromatic heterocycles. The second kappa shape index (κ2) is 5.50. The fourth-order valence-corrected chi connectivity index (χ4v) is 1.34. The van der Waals surface area contributed by atoms with Crippen molar-refractivity contribution in [1.82, 2.24) is 0 Å². The number of rotatable bonds is 4. The molecule has 0 spiro atoms. The lowest BCUT2D eigenvalue weighted by atomic mass is 9.99. The Kier molecular flexibility index (Phi) is 4.58. The van der Waals surface area contributed by atoms with E-state index in [1.807, 2.05) is 0 Å². The van der Waals surface area contributed by atoms with Gasteiger partial charge in [0, 0.05) is 0 Å². The summed E-state index contributed by atoms with van der Waals surface area (Å²) in [6, 6.07) is 0. The molecule has 88 valence electrons. The fraction of sp³-hybridized carbons (Fsp3) is 0.875. The molecule has 1 aliphatic rings. The first kappa shape index (κ1) is 12.5. The topological polar surface area (TPSA) is 116 Å². The van der Waals surface area contributed by atoms with Crippen molar-refractivity contribution in [2.24, 2.45) is 0 Å². The van der Waals surface area contributed by atoms with Gasteiger partial charge in [0.2, 0.25) is 0 Å². The summed E-state index contributed by atoms with van der Waals surface area (Å²) < 4.78 is 9.71. The Bertz CT molecular complexity index is 207. The van der Waals surface area contributed by atoms with Crippen LogP contribution in [0.15, 0.2) is 0 Å². The first-order chi connectivity index (χ1) is 7.11. The summed E-state index contributed by atoms with van der Waals surface area (Å²) in [5.41, 5.74) is 0. The van der Waals surface area contributed by atoms with Gasteiger partial charge in [-0.1, -0.05) is 0 Å². The highest BCUT2D eigenvalue weighted by Crippen LogP contribution is 2.21. The van der Waals surface area contributed by atoms with E-state index in [0.717, 1.165) is 0 Å². The Morgan fingerprint density at radius 3 is 2.40 bits per heavy atom. The van der Waals surface area contributed by atoms with Crippen LogP contribution in [0.4, 0.5) is 0 Å². The van der Waals surface area contributed by atoms with Crippen molar-refractivity contribution in [3.8, 4) is 0 Å². The first-order valence-corrected chi connectivity index (χ1v) is 4.47. The highest BCUT2D eigenvalue weighted by atomic mass is 16.7. The molecule has 0 aromatic rings. The van der Waals surface area contributed by atoms with Crippen molar-refractivity contribution in [3.63, 3.8) is 0 Å². The second-order valence-corrected chi connectivity index (χ2v) is 3.20. The summed E-state index contributed by atoms with van der Waals surface area (Å²) in [6.07, 6.45) is -6.14. The van der Waals surface area contributed by atoms with Gasteiger partial charge >= 0.3 is 0 Å². The molecule has 0 bridgehead atoms.